The summed E-state index contributed by atoms with van der Waals surface area (Å²) in [5, 5.41) is 10.9. The predicted octanol–water partition coefficient (Wildman–Crippen LogP) is 1.62. The van der Waals surface area contributed by atoms with Crippen molar-refractivity contribution in [2.75, 3.05) is 6.61 Å². The lowest BCUT2D eigenvalue weighted by atomic mass is 9.83. The van der Waals surface area contributed by atoms with Crippen molar-refractivity contribution in [1.29, 1.82) is 0 Å². The van der Waals surface area contributed by atoms with Crippen molar-refractivity contribution < 1.29 is 14.3 Å². The second-order valence-electron chi connectivity index (χ2n) is 6.30. The number of nitrogens with two attached hydrogens (primary N) is 1. The highest BCUT2D eigenvalue weighted by atomic mass is 16.5. The van der Waals surface area contributed by atoms with Crippen LogP contribution in [-0.4, -0.2) is 24.1 Å². The third-order valence-corrected chi connectivity index (χ3v) is 4.66. The lowest BCUT2D eigenvalue weighted by molar-refractivity contribution is -0.133. The van der Waals surface area contributed by atoms with Gasteiger partial charge in [0, 0.05) is 37.7 Å². The van der Waals surface area contributed by atoms with Gasteiger partial charge in [0.05, 0.1) is 6.61 Å². The Balaban J connectivity index is 1.70. The maximum absolute atomic E-state index is 12.5. The predicted molar refractivity (Wildman–Crippen MR) is 90.5 cm³/mol. The molecule has 0 aliphatic carbocycles. The van der Waals surface area contributed by atoms with E-state index in [0.717, 1.165) is 0 Å². The molecule has 7 heteroatoms. The van der Waals surface area contributed by atoms with Gasteiger partial charge in [-0.2, -0.15) is 10.2 Å². The largest absolute Gasteiger partial charge is 0.493 e. The molecule has 0 spiro atoms. The molecule has 0 saturated heterocycles. The molecule has 0 saturated carbocycles. The summed E-state index contributed by atoms with van der Waals surface area (Å²) < 4.78 is 5.57. The Labute approximate surface area is 146 Å². The second kappa shape index (κ2) is 6.55. The lowest BCUT2D eigenvalue weighted by Crippen LogP contribution is -2.57. The highest BCUT2D eigenvalue weighted by molar-refractivity contribution is 5.92. The molecule has 2 heterocycles. The molecule has 0 fully saturated rings. The molecule has 2 aliphatic heterocycles. The smallest absolute Gasteiger partial charge is 0.248 e. The van der Waals surface area contributed by atoms with Crippen LogP contribution in [0.1, 0.15) is 37.7 Å². The molecule has 3 rings (SSSR count). The molecule has 25 heavy (non-hydrogen) atoms. The zero-order valence-electron chi connectivity index (χ0n) is 13.8. The number of nitrogens with zero attached hydrogens (tertiary/aromatic N) is 2. The molecule has 1 unspecified atom stereocenters. The quantitative estimate of drug-likeness (QED) is 0.737. The van der Waals surface area contributed by atoms with E-state index in [2.05, 4.69) is 21.5 Å². The number of terminal acetylenes is 1. The first-order chi connectivity index (χ1) is 12.0. The molecule has 1 aromatic rings. The molecular weight excluding hydrogens is 320 g/mol. The maximum Gasteiger partial charge on any atom is 0.248 e. The fourth-order valence-electron chi connectivity index (χ4n) is 3.12. The number of carbonyl (C=O) groups is 2. The fourth-order valence-corrected chi connectivity index (χ4v) is 3.12. The summed E-state index contributed by atoms with van der Waals surface area (Å²) in [6.07, 6.45) is 7.41. The molecule has 1 atom stereocenters. The minimum absolute atomic E-state index is 0.190. The van der Waals surface area contributed by atoms with E-state index in [9.17, 15) is 9.59 Å². The second-order valence-corrected chi connectivity index (χ2v) is 6.30. The zero-order valence-corrected chi connectivity index (χ0v) is 13.8. The van der Waals surface area contributed by atoms with E-state index in [1.807, 2.05) is 6.07 Å². The molecular formula is C18H20N4O3. The first-order valence-electron chi connectivity index (χ1n) is 8.22. The first kappa shape index (κ1) is 17.0. The Morgan fingerprint density at radius 3 is 2.76 bits per heavy atom. The number of rotatable bonds is 7. The van der Waals surface area contributed by atoms with Crippen LogP contribution in [0, 0.1) is 12.3 Å². The van der Waals surface area contributed by atoms with Crippen LogP contribution >= 0.6 is 0 Å². The molecule has 2 aliphatic rings. The van der Waals surface area contributed by atoms with Gasteiger partial charge in [0.25, 0.3) is 0 Å². The van der Waals surface area contributed by atoms with E-state index < -0.39 is 17.1 Å². The monoisotopic (exact) mass is 340 g/mol. The van der Waals surface area contributed by atoms with Gasteiger partial charge in [-0.15, -0.1) is 12.3 Å². The summed E-state index contributed by atoms with van der Waals surface area (Å²) in [5.41, 5.74) is 4.46. The molecule has 2 amide bonds. The number of hydrogen-bond donors (Lipinski definition) is 2. The normalized spacial score (nSPS) is 22.2. The van der Waals surface area contributed by atoms with Crippen LogP contribution in [0.4, 0.5) is 0 Å². The van der Waals surface area contributed by atoms with Crippen LogP contribution in [0.25, 0.3) is 0 Å². The maximum atomic E-state index is 12.5. The summed E-state index contributed by atoms with van der Waals surface area (Å²) in [6, 6.07) is 7.10. The van der Waals surface area contributed by atoms with Crippen LogP contribution in [0.3, 0.4) is 0 Å². The lowest BCUT2D eigenvalue weighted by Gasteiger charge is -2.36. The Bertz CT molecular complexity index is 762. The Hall–Kier alpha value is -2.88. The standard InChI is InChI=1S/C18H20N4O3/c1-2-3-9-17(21-22-17)10-8-15(23)20-18(16(19)24)11-12-25-14-7-5-4-6-13(14)18/h1,4-7H,3,8-12H2,(H2,19,24)(H,20,23). The number of primary amides is 1. The third-order valence-electron chi connectivity index (χ3n) is 4.66. The summed E-state index contributed by atoms with van der Waals surface area (Å²) in [6.45, 7) is 0.303. The van der Waals surface area contributed by atoms with Crippen molar-refractivity contribution in [2.45, 2.75) is 43.3 Å². The molecule has 0 radical (unpaired) electrons. The Morgan fingerprint density at radius 1 is 1.32 bits per heavy atom. The Morgan fingerprint density at radius 2 is 2.08 bits per heavy atom. The first-order valence-corrected chi connectivity index (χ1v) is 8.22. The van der Waals surface area contributed by atoms with Crippen molar-refractivity contribution in [3.63, 3.8) is 0 Å². The van der Waals surface area contributed by atoms with E-state index in [0.29, 0.717) is 43.6 Å². The summed E-state index contributed by atoms with van der Waals surface area (Å²) in [5.74, 6) is 2.25. The highest BCUT2D eigenvalue weighted by Crippen LogP contribution is 2.39. The van der Waals surface area contributed by atoms with Gasteiger partial charge >= 0.3 is 0 Å². The molecule has 0 bridgehead atoms. The van der Waals surface area contributed by atoms with Gasteiger partial charge in [0.2, 0.25) is 11.8 Å². The van der Waals surface area contributed by atoms with Crippen molar-refractivity contribution in [3.8, 4) is 18.1 Å². The number of hydrogen-bond acceptors (Lipinski definition) is 5. The van der Waals surface area contributed by atoms with Gasteiger partial charge in [-0.05, 0) is 6.07 Å². The summed E-state index contributed by atoms with van der Waals surface area (Å²) in [7, 11) is 0. The van der Waals surface area contributed by atoms with Crippen LogP contribution in [0.15, 0.2) is 34.5 Å². The number of carbonyl (C=O) groups excluding carboxylic acids is 2. The van der Waals surface area contributed by atoms with Gasteiger partial charge in [0.1, 0.15) is 5.75 Å². The van der Waals surface area contributed by atoms with Crippen LogP contribution in [-0.2, 0) is 15.1 Å². The average molecular weight is 340 g/mol. The van der Waals surface area contributed by atoms with Gasteiger partial charge in [-0.3, -0.25) is 9.59 Å². The Kier molecular flexibility index (Phi) is 4.45. The van der Waals surface area contributed by atoms with Gasteiger partial charge in [0.15, 0.2) is 11.2 Å². The van der Waals surface area contributed by atoms with Gasteiger partial charge < -0.3 is 15.8 Å². The minimum atomic E-state index is -1.25. The zero-order chi connectivity index (χ0) is 17.9. The van der Waals surface area contributed by atoms with Crippen LogP contribution < -0.4 is 15.8 Å². The van der Waals surface area contributed by atoms with E-state index in [-0.39, 0.29) is 12.3 Å². The SMILES string of the molecule is C#CCCC1(CCC(=O)NC2(C(N)=O)CCOc3ccccc32)N=N1. The highest BCUT2D eigenvalue weighted by Gasteiger charge is 2.45. The summed E-state index contributed by atoms with van der Waals surface area (Å²) in [4.78, 5) is 24.7. The number of amides is 2. The molecule has 3 N–H and O–H groups in total. The van der Waals surface area contributed by atoms with E-state index >= 15 is 0 Å². The van der Waals surface area contributed by atoms with Crippen molar-refractivity contribution >= 4 is 11.8 Å². The van der Waals surface area contributed by atoms with Crippen molar-refractivity contribution in [1.82, 2.24) is 5.32 Å². The fraction of sp³-hybridized carbons (Fsp3) is 0.444. The van der Waals surface area contributed by atoms with Crippen molar-refractivity contribution in [2.24, 2.45) is 16.0 Å². The third kappa shape index (κ3) is 3.33. The van der Waals surface area contributed by atoms with Crippen LogP contribution in [0.5, 0.6) is 5.75 Å². The van der Waals surface area contributed by atoms with Gasteiger partial charge in [-0.25, -0.2) is 0 Å². The number of benzene rings is 1. The number of nitrogens with one attached hydrogen (secondary N) is 1. The number of para-hydroxylation sites is 1. The van der Waals surface area contributed by atoms with E-state index in [4.69, 9.17) is 16.9 Å². The van der Waals surface area contributed by atoms with Crippen molar-refractivity contribution in [3.05, 3.63) is 29.8 Å². The average Bonchev–Trinajstić information content (AvgIpc) is 3.39. The van der Waals surface area contributed by atoms with Crippen LogP contribution in [0.2, 0.25) is 0 Å². The minimum Gasteiger partial charge on any atom is -0.493 e. The van der Waals surface area contributed by atoms with E-state index in [1.54, 1.807) is 18.2 Å². The molecule has 7 nitrogen and oxygen atoms in total. The number of fused-ring (bicyclic) bond motifs is 1. The topological polar surface area (TPSA) is 106 Å². The summed E-state index contributed by atoms with van der Waals surface area (Å²) >= 11 is 0. The van der Waals surface area contributed by atoms with E-state index in [1.165, 1.54) is 0 Å². The van der Waals surface area contributed by atoms with Gasteiger partial charge in [-0.1, -0.05) is 18.2 Å². The molecule has 1 aromatic carbocycles. The molecule has 130 valence electrons. The number of ether oxygens (including phenoxy) is 1. The molecule has 0 aromatic heterocycles.